The smallest absolute Gasteiger partial charge is 0.262 e. The average molecular weight is 335 g/mol. The van der Waals surface area contributed by atoms with Gasteiger partial charge in [-0.3, -0.25) is 9.59 Å². The Kier molecular flexibility index (Phi) is 4.95. The number of rotatable bonds is 6. The number of carbonyl (C=O) groups excluding carboxylic acids is 2. The van der Waals surface area contributed by atoms with Crippen LogP contribution in [-0.4, -0.2) is 24.9 Å². The molecule has 2 aromatic carbocycles. The summed E-state index contributed by atoms with van der Waals surface area (Å²) in [6.45, 7) is 4.00. The first kappa shape index (κ1) is 16.5. The van der Waals surface area contributed by atoms with Gasteiger partial charge >= 0.3 is 0 Å². The molecule has 1 amide bonds. The van der Waals surface area contributed by atoms with Gasteiger partial charge in [0.2, 0.25) is 0 Å². The largest absolute Gasteiger partial charge is 0.489 e. The molecule has 5 heteroatoms. The third-order valence-electron chi connectivity index (χ3n) is 3.59. The van der Waals surface area contributed by atoms with Crippen LogP contribution in [0.3, 0.4) is 0 Å². The molecular formula is C20H17NO4. The van der Waals surface area contributed by atoms with Crippen LogP contribution in [0.4, 0.5) is 5.69 Å². The van der Waals surface area contributed by atoms with Crippen LogP contribution in [0.1, 0.15) is 15.9 Å². The minimum Gasteiger partial charge on any atom is -0.489 e. The lowest BCUT2D eigenvalue weighted by Crippen LogP contribution is -2.25. The minimum atomic E-state index is -0.235. The summed E-state index contributed by atoms with van der Waals surface area (Å²) in [6, 6.07) is 12.4. The standard InChI is InChI=1S/C20H17NO4/c1-2-11-24-18-6-4-3-5-14(18)7-9-17(22)15-8-10-19-16(12-15)21-20(23)13-25-19/h2-10,12H,1,11,13H2,(H,21,23)/b9-7+. The molecule has 25 heavy (non-hydrogen) atoms. The van der Waals surface area contributed by atoms with E-state index in [4.69, 9.17) is 9.47 Å². The molecule has 1 heterocycles. The molecule has 0 aliphatic carbocycles. The Hall–Kier alpha value is -3.34. The van der Waals surface area contributed by atoms with Crippen molar-refractivity contribution in [1.29, 1.82) is 0 Å². The monoisotopic (exact) mass is 335 g/mol. The molecule has 0 spiro atoms. The Labute approximate surface area is 145 Å². The second-order valence-electron chi connectivity index (χ2n) is 5.38. The van der Waals surface area contributed by atoms with E-state index in [2.05, 4.69) is 11.9 Å². The topological polar surface area (TPSA) is 64.6 Å². The van der Waals surface area contributed by atoms with E-state index in [0.29, 0.717) is 29.4 Å². The lowest BCUT2D eigenvalue weighted by molar-refractivity contribution is -0.118. The molecular weight excluding hydrogens is 318 g/mol. The number of ether oxygens (including phenoxy) is 2. The Morgan fingerprint density at radius 2 is 2.12 bits per heavy atom. The van der Waals surface area contributed by atoms with Crippen LogP contribution >= 0.6 is 0 Å². The highest BCUT2D eigenvalue weighted by atomic mass is 16.5. The number of amides is 1. The third kappa shape index (κ3) is 3.95. The minimum absolute atomic E-state index is 0.0122. The van der Waals surface area contributed by atoms with Gasteiger partial charge in [0.05, 0.1) is 5.69 Å². The van der Waals surface area contributed by atoms with Crippen molar-refractivity contribution >= 4 is 23.5 Å². The van der Waals surface area contributed by atoms with E-state index in [0.717, 1.165) is 5.56 Å². The highest BCUT2D eigenvalue weighted by molar-refractivity contribution is 6.08. The molecule has 5 nitrogen and oxygen atoms in total. The SMILES string of the molecule is C=CCOc1ccccc1/C=C/C(=O)c1ccc2c(c1)NC(=O)CO2. The van der Waals surface area contributed by atoms with Crippen LogP contribution in [0.15, 0.2) is 61.2 Å². The van der Waals surface area contributed by atoms with Crippen molar-refractivity contribution in [3.05, 3.63) is 72.3 Å². The summed E-state index contributed by atoms with van der Waals surface area (Å²) < 4.78 is 10.9. The molecule has 0 atom stereocenters. The fourth-order valence-electron chi connectivity index (χ4n) is 2.40. The molecule has 0 aromatic heterocycles. The van der Waals surface area contributed by atoms with Crippen LogP contribution in [0.25, 0.3) is 6.08 Å². The number of carbonyl (C=O) groups is 2. The van der Waals surface area contributed by atoms with E-state index in [1.54, 1.807) is 30.4 Å². The number of hydrogen-bond donors (Lipinski definition) is 1. The van der Waals surface area contributed by atoms with Gasteiger partial charge in [-0.25, -0.2) is 0 Å². The Morgan fingerprint density at radius 1 is 1.28 bits per heavy atom. The van der Waals surface area contributed by atoms with E-state index in [9.17, 15) is 9.59 Å². The maximum Gasteiger partial charge on any atom is 0.262 e. The number of ketones is 1. The fraction of sp³-hybridized carbons (Fsp3) is 0.100. The molecule has 2 aromatic rings. The van der Waals surface area contributed by atoms with Crippen molar-refractivity contribution in [2.45, 2.75) is 0 Å². The van der Waals surface area contributed by atoms with E-state index >= 15 is 0 Å². The predicted octanol–water partition coefficient (Wildman–Crippen LogP) is 3.48. The van der Waals surface area contributed by atoms with Crippen molar-refractivity contribution < 1.29 is 19.1 Å². The number of para-hydroxylation sites is 1. The van der Waals surface area contributed by atoms with Gasteiger partial charge in [0, 0.05) is 11.1 Å². The molecule has 0 unspecified atom stereocenters. The Morgan fingerprint density at radius 3 is 2.96 bits per heavy atom. The molecule has 1 aliphatic rings. The normalized spacial score (nSPS) is 12.9. The van der Waals surface area contributed by atoms with Gasteiger partial charge in [0.1, 0.15) is 18.1 Å². The van der Waals surface area contributed by atoms with Crippen LogP contribution in [-0.2, 0) is 4.79 Å². The van der Waals surface area contributed by atoms with Crippen LogP contribution in [0, 0.1) is 0 Å². The van der Waals surface area contributed by atoms with Crippen molar-refractivity contribution in [3.8, 4) is 11.5 Å². The zero-order valence-corrected chi connectivity index (χ0v) is 13.5. The first-order chi connectivity index (χ1) is 12.2. The van der Waals surface area contributed by atoms with Gasteiger partial charge < -0.3 is 14.8 Å². The molecule has 1 aliphatic heterocycles. The third-order valence-corrected chi connectivity index (χ3v) is 3.59. The van der Waals surface area contributed by atoms with Crippen LogP contribution in [0.5, 0.6) is 11.5 Å². The molecule has 0 saturated heterocycles. The Balaban J connectivity index is 1.78. The fourth-order valence-corrected chi connectivity index (χ4v) is 2.40. The summed E-state index contributed by atoms with van der Waals surface area (Å²) in [6.07, 6.45) is 4.84. The van der Waals surface area contributed by atoms with Gasteiger partial charge in [0.15, 0.2) is 12.4 Å². The molecule has 0 bridgehead atoms. The van der Waals surface area contributed by atoms with E-state index < -0.39 is 0 Å². The van der Waals surface area contributed by atoms with Crippen LogP contribution < -0.4 is 14.8 Å². The quantitative estimate of drug-likeness (QED) is 0.499. The predicted molar refractivity (Wildman–Crippen MR) is 96.1 cm³/mol. The van der Waals surface area contributed by atoms with Gasteiger partial charge in [-0.2, -0.15) is 0 Å². The van der Waals surface area contributed by atoms with Gasteiger partial charge in [-0.05, 0) is 36.4 Å². The second-order valence-corrected chi connectivity index (χ2v) is 5.38. The average Bonchev–Trinajstić information content (AvgIpc) is 2.64. The maximum absolute atomic E-state index is 12.4. The van der Waals surface area contributed by atoms with Gasteiger partial charge in [-0.1, -0.05) is 30.9 Å². The van der Waals surface area contributed by atoms with E-state index in [1.807, 2.05) is 24.3 Å². The van der Waals surface area contributed by atoms with Gasteiger partial charge in [-0.15, -0.1) is 0 Å². The Bertz CT molecular complexity index is 855. The maximum atomic E-state index is 12.4. The number of nitrogens with one attached hydrogen (secondary N) is 1. The summed E-state index contributed by atoms with van der Waals surface area (Å²) in [4.78, 5) is 23.8. The number of fused-ring (bicyclic) bond motifs is 1. The first-order valence-corrected chi connectivity index (χ1v) is 7.79. The number of hydrogen-bond acceptors (Lipinski definition) is 4. The van der Waals surface area contributed by atoms with Crippen molar-refractivity contribution in [2.24, 2.45) is 0 Å². The summed E-state index contributed by atoms with van der Waals surface area (Å²) in [5, 5.41) is 2.69. The lowest BCUT2D eigenvalue weighted by Gasteiger charge is -2.18. The van der Waals surface area contributed by atoms with Crippen LogP contribution in [0.2, 0.25) is 0 Å². The molecule has 1 N–H and O–H groups in total. The number of anilines is 1. The molecule has 0 saturated carbocycles. The van der Waals surface area contributed by atoms with Gasteiger partial charge in [0.25, 0.3) is 5.91 Å². The molecule has 126 valence electrons. The van der Waals surface area contributed by atoms with Crippen molar-refractivity contribution in [1.82, 2.24) is 0 Å². The summed E-state index contributed by atoms with van der Waals surface area (Å²) in [5.74, 6) is 0.822. The van der Waals surface area contributed by atoms with Crippen molar-refractivity contribution in [2.75, 3.05) is 18.5 Å². The molecule has 0 radical (unpaired) electrons. The highest BCUT2D eigenvalue weighted by Gasteiger charge is 2.17. The molecule has 0 fully saturated rings. The zero-order valence-electron chi connectivity index (χ0n) is 13.5. The highest BCUT2D eigenvalue weighted by Crippen LogP contribution is 2.29. The summed E-state index contributed by atoms with van der Waals surface area (Å²) in [5.41, 5.74) is 1.77. The number of allylic oxidation sites excluding steroid dienone is 1. The second kappa shape index (κ2) is 7.49. The zero-order chi connectivity index (χ0) is 17.6. The van der Waals surface area contributed by atoms with E-state index in [-0.39, 0.29) is 18.3 Å². The molecule has 3 rings (SSSR count). The lowest BCUT2D eigenvalue weighted by atomic mass is 10.1. The first-order valence-electron chi connectivity index (χ1n) is 7.79. The summed E-state index contributed by atoms with van der Waals surface area (Å²) in [7, 11) is 0. The van der Waals surface area contributed by atoms with Crippen molar-refractivity contribution in [3.63, 3.8) is 0 Å². The number of benzene rings is 2. The van der Waals surface area contributed by atoms with E-state index in [1.165, 1.54) is 6.08 Å². The summed E-state index contributed by atoms with van der Waals surface area (Å²) >= 11 is 0.